The Balaban J connectivity index is 1.49. The Morgan fingerprint density at radius 3 is 3.21 bits per heavy atom. The van der Waals surface area contributed by atoms with Gasteiger partial charge in [-0.15, -0.1) is 11.3 Å². The fraction of sp³-hybridized carbons (Fsp3) is 0.471. The van der Waals surface area contributed by atoms with Crippen LogP contribution in [0.1, 0.15) is 23.3 Å². The van der Waals surface area contributed by atoms with Gasteiger partial charge in [-0.25, -0.2) is 9.97 Å². The van der Waals surface area contributed by atoms with Crippen molar-refractivity contribution in [1.82, 2.24) is 14.9 Å². The van der Waals surface area contributed by atoms with E-state index in [2.05, 4.69) is 9.97 Å². The molecule has 7 heteroatoms. The third kappa shape index (κ3) is 2.89. The Hall–Kier alpha value is -1.99. The Bertz CT molecular complexity index is 694. The Morgan fingerprint density at radius 1 is 1.46 bits per heavy atom. The number of fused-ring (bicyclic) bond motifs is 1. The minimum Gasteiger partial charge on any atom is -0.477 e. The molecule has 2 saturated heterocycles. The van der Waals surface area contributed by atoms with Crippen molar-refractivity contribution in [2.75, 3.05) is 26.3 Å². The number of nitrogens with zero attached hydrogens (tertiary/aromatic N) is 3. The van der Waals surface area contributed by atoms with Gasteiger partial charge >= 0.3 is 0 Å². The summed E-state index contributed by atoms with van der Waals surface area (Å²) in [5.41, 5.74) is 2.05. The molecule has 0 spiro atoms. The summed E-state index contributed by atoms with van der Waals surface area (Å²) in [6, 6.07) is 5.62. The Labute approximate surface area is 144 Å². The van der Waals surface area contributed by atoms with Crippen molar-refractivity contribution in [1.29, 1.82) is 0 Å². The lowest BCUT2D eigenvalue weighted by molar-refractivity contribution is -0.0333. The van der Waals surface area contributed by atoms with E-state index in [1.54, 1.807) is 17.1 Å². The summed E-state index contributed by atoms with van der Waals surface area (Å²) in [7, 11) is 0. The van der Waals surface area contributed by atoms with Crippen LogP contribution in [0.2, 0.25) is 0 Å². The highest BCUT2D eigenvalue weighted by Gasteiger charge is 2.49. The number of piperidine rings is 1. The SMILES string of the molecule is O=C(c1cscn1)N1CC[C@@H]2OCC[C@]2(COc2ccccn2)C1. The van der Waals surface area contributed by atoms with E-state index in [0.29, 0.717) is 31.3 Å². The molecule has 0 aromatic carbocycles. The summed E-state index contributed by atoms with van der Waals surface area (Å²) in [6.07, 6.45) is 3.59. The standard InChI is InChI=1S/C17H19N3O3S/c21-16(13-9-24-12-19-13)20-7-4-14-17(10-20,5-8-22-14)11-23-15-3-1-2-6-18-15/h1-3,6,9,12,14H,4-5,7-8,10-11H2/t14-,17+/m0/s1. The van der Waals surface area contributed by atoms with Gasteiger partial charge in [0.15, 0.2) is 0 Å². The van der Waals surface area contributed by atoms with E-state index in [1.165, 1.54) is 11.3 Å². The third-order valence-corrected chi connectivity index (χ3v) is 5.44. The highest BCUT2D eigenvalue weighted by Crippen LogP contribution is 2.41. The van der Waals surface area contributed by atoms with Crippen molar-refractivity contribution in [3.63, 3.8) is 0 Å². The molecule has 2 aliphatic heterocycles. The van der Waals surface area contributed by atoms with Crippen LogP contribution in [0, 0.1) is 5.41 Å². The smallest absolute Gasteiger partial charge is 0.273 e. The normalized spacial score (nSPS) is 26.2. The lowest BCUT2D eigenvalue weighted by Crippen LogP contribution is -2.54. The molecule has 0 radical (unpaired) electrons. The Kier molecular flexibility index (Phi) is 4.20. The van der Waals surface area contributed by atoms with Crippen molar-refractivity contribution < 1.29 is 14.3 Å². The van der Waals surface area contributed by atoms with Crippen LogP contribution in [0.4, 0.5) is 0 Å². The summed E-state index contributed by atoms with van der Waals surface area (Å²) in [6.45, 7) is 2.57. The van der Waals surface area contributed by atoms with Gasteiger partial charge in [0, 0.05) is 37.3 Å². The first kappa shape index (κ1) is 15.5. The molecule has 2 atom stereocenters. The first-order valence-corrected chi connectivity index (χ1v) is 9.04. The number of carbonyl (C=O) groups is 1. The number of amides is 1. The van der Waals surface area contributed by atoms with E-state index < -0.39 is 0 Å². The zero-order chi connectivity index (χ0) is 16.4. The molecule has 126 valence electrons. The number of pyridine rings is 1. The van der Waals surface area contributed by atoms with Crippen molar-refractivity contribution in [3.8, 4) is 5.88 Å². The number of likely N-dealkylation sites (tertiary alicyclic amines) is 1. The second-order valence-electron chi connectivity index (χ2n) is 6.32. The van der Waals surface area contributed by atoms with Crippen LogP contribution in [0.3, 0.4) is 0 Å². The largest absolute Gasteiger partial charge is 0.477 e. The lowest BCUT2D eigenvalue weighted by Gasteiger charge is -2.43. The maximum atomic E-state index is 12.6. The van der Waals surface area contributed by atoms with Crippen molar-refractivity contribution in [2.45, 2.75) is 18.9 Å². The second-order valence-corrected chi connectivity index (χ2v) is 7.04. The van der Waals surface area contributed by atoms with Crippen molar-refractivity contribution in [2.24, 2.45) is 5.41 Å². The fourth-order valence-corrected chi connectivity index (χ4v) is 4.09. The molecule has 2 aliphatic rings. The predicted octanol–water partition coefficient (Wildman–Crippen LogP) is 2.24. The molecule has 1 amide bonds. The number of thiazole rings is 1. The molecule has 0 aliphatic carbocycles. The van der Waals surface area contributed by atoms with Gasteiger partial charge in [-0.1, -0.05) is 6.07 Å². The van der Waals surface area contributed by atoms with E-state index in [0.717, 1.165) is 19.4 Å². The lowest BCUT2D eigenvalue weighted by atomic mass is 9.77. The fourth-order valence-electron chi connectivity index (χ4n) is 3.56. The van der Waals surface area contributed by atoms with E-state index >= 15 is 0 Å². The minimum atomic E-state index is -0.165. The second kappa shape index (κ2) is 6.49. The average Bonchev–Trinajstić information content (AvgIpc) is 3.29. The Morgan fingerprint density at radius 2 is 2.42 bits per heavy atom. The molecule has 0 N–H and O–H groups in total. The average molecular weight is 345 g/mol. The molecule has 0 unspecified atom stereocenters. The van der Waals surface area contributed by atoms with Crippen molar-refractivity contribution >= 4 is 17.2 Å². The van der Waals surface area contributed by atoms with Gasteiger partial charge in [-0.2, -0.15) is 0 Å². The van der Waals surface area contributed by atoms with Crippen LogP contribution in [-0.4, -0.2) is 53.2 Å². The molecule has 2 aromatic rings. The topological polar surface area (TPSA) is 64.6 Å². The van der Waals surface area contributed by atoms with Crippen LogP contribution >= 0.6 is 11.3 Å². The van der Waals surface area contributed by atoms with Crippen molar-refractivity contribution in [3.05, 3.63) is 41.0 Å². The van der Waals surface area contributed by atoms with E-state index in [1.807, 2.05) is 23.1 Å². The first-order valence-electron chi connectivity index (χ1n) is 8.10. The molecule has 24 heavy (non-hydrogen) atoms. The van der Waals surface area contributed by atoms with Gasteiger partial charge in [0.1, 0.15) is 5.69 Å². The van der Waals surface area contributed by atoms with Gasteiger partial charge in [0.05, 0.1) is 23.6 Å². The van der Waals surface area contributed by atoms with Crippen LogP contribution in [-0.2, 0) is 4.74 Å². The van der Waals surface area contributed by atoms with Gasteiger partial charge in [-0.3, -0.25) is 4.79 Å². The number of ether oxygens (including phenoxy) is 2. The van der Waals surface area contributed by atoms with Gasteiger partial charge in [-0.05, 0) is 18.9 Å². The zero-order valence-electron chi connectivity index (χ0n) is 13.3. The molecule has 0 bridgehead atoms. The number of rotatable bonds is 4. The van der Waals surface area contributed by atoms with E-state index in [-0.39, 0.29) is 17.4 Å². The van der Waals surface area contributed by atoms with Crippen LogP contribution < -0.4 is 4.74 Å². The van der Waals surface area contributed by atoms with E-state index in [9.17, 15) is 4.79 Å². The highest BCUT2D eigenvalue weighted by molar-refractivity contribution is 7.07. The summed E-state index contributed by atoms with van der Waals surface area (Å²) in [5.74, 6) is 0.610. The van der Waals surface area contributed by atoms with E-state index in [4.69, 9.17) is 9.47 Å². The molecular formula is C17H19N3O3S. The first-order chi connectivity index (χ1) is 11.8. The summed E-state index contributed by atoms with van der Waals surface area (Å²) < 4.78 is 11.8. The minimum absolute atomic E-state index is 0.00110. The summed E-state index contributed by atoms with van der Waals surface area (Å²) >= 11 is 1.44. The maximum absolute atomic E-state index is 12.6. The molecule has 4 heterocycles. The monoisotopic (exact) mass is 345 g/mol. The quantitative estimate of drug-likeness (QED) is 0.850. The van der Waals surface area contributed by atoms with Crippen LogP contribution in [0.5, 0.6) is 5.88 Å². The zero-order valence-corrected chi connectivity index (χ0v) is 14.1. The van der Waals surface area contributed by atoms with Gasteiger partial charge in [0.2, 0.25) is 5.88 Å². The molecule has 2 fully saturated rings. The number of hydrogen-bond acceptors (Lipinski definition) is 6. The molecular weight excluding hydrogens is 326 g/mol. The molecule has 2 aromatic heterocycles. The highest BCUT2D eigenvalue weighted by atomic mass is 32.1. The summed E-state index contributed by atoms with van der Waals surface area (Å²) in [5, 5.41) is 1.80. The summed E-state index contributed by atoms with van der Waals surface area (Å²) in [4.78, 5) is 22.9. The molecule has 0 saturated carbocycles. The number of aromatic nitrogens is 2. The predicted molar refractivity (Wildman–Crippen MR) is 89.2 cm³/mol. The molecule has 6 nitrogen and oxygen atoms in total. The molecule has 4 rings (SSSR count). The maximum Gasteiger partial charge on any atom is 0.273 e. The third-order valence-electron chi connectivity index (χ3n) is 4.85. The van der Waals surface area contributed by atoms with Crippen LogP contribution in [0.25, 0.3) is 0 Å². The number of hydrogen-bond donors (Lipinski definition) is 0. The van der Waals surface area contributed by atoms with Gasteiger partial charge < -0.3 is 14.4 Å². The van der Waals surface area contributed by atoms with Crippen LogP contribution in [0.15, 0.2) is 35.3 Å². The number of carbonyl (C=O) groups excluding carboxylic acids is 1. The van der Waals surface area contributed by atoms with Gasteiger partial charge in [0.25, 0.3) is 5.91 Å².